The first kappa shape index (κ1) is 12.9. The normalized spacial score (nSPS) is 11.2. The summed E-state index contributed by atoms with van der Waals surface area (Å²) in [6.07, 6.45) is 0. The van der Waals surface area contributed by atoms with Crippen molar-refractivity contribution in [2.24, 2.45) is 0 Å². The number of aromatic amines is 1. The van der Waals surface area contributed by atoms with Gasteiger partial charge < -0.3 is 9.55 Å². The molecule has 2 heterocycles. The average Bonchev–Trinajstić information content (AvgIpc) is 2.68. The zero-order valence-electron chi connectivity index (χ0n) is 11.1. The highest BCUT2D eigenvalue weighted by molar-refractivity contribution is 6.30. The van der Waals surface area contributed by atoms with Gasteiger partial charge in [0.25, 0.3) is 5.56 Å². The lowest BCUT2D eigenvalue weighted by Gasteiger charge is -2.07. The third kappa shape index (κ3) is 2.20. The van der Waals surface area contributed by atoms with Gasteiger partial charge in [0.15, 0.2) is 11.2 Å². The number of fused-ring (bicyclic) bond motifs is 1. The highest BCUT2D eigenvalue weighted by Crippen LogP contribution is 2.16. The van der Waals surface area contributed by atoms with E-state index in [9.17, 15) is 4.79 Å². The summed E-state index contributed by atoms with van der Waals surface area (Å²) in [5.74, 6) is 1.33. The summed E-state index contributed by atoms with van der Waals surface area (Å²) < 4.78 is 1.92. The lowest BCUT2D eigenvalue weighted by molar-refractivity contribution is 0.775. The van der Waals surface area contributed by atoms with E-state index in [0.29, 0.717) is 28.6 Å². The first-order chi connectivity index (χ1) is 9.54. The number of hydrogen-bond acceptors (Lipinski definition) is 3. The molecule has 5 nitrogen and oxygen atoms in total. The number of nitrogens with zero attached hydrogens (tertiary/aromatic N) is 3. The molecule has 102 valence electrons. The largest absolute Gasteiger partial charge is 0.309 e. The molecule has 0 amide bonds. The smallest absolute Gasteiger partial charge is 0.279 e. The molecule has 0 bridgehead atoms. The zero-order chi connectivity index (χ0) is 14.3. The van der Waals surface area contributed by atoms with Gasteiger partial charge in [0.1, 0.15) is 11.6 Å². The van der Waals surface area contributed by atoms with E-state index in [0.717, 1.165) is 11.4 Å². The molecule has 2 aromatic heterocycles. The molecule has 0 atom stereocenters. The SMILES string of the molecule is Cc1nc2c(nc(C)n2Cc2cccc(Cl)c2)c(=O)[nH]1. The van der Waals surface area contributed by atoms with Gasteiger partial charge in [0, 0.05) is 5.02 Å². The molecule has 20 heavy (non-hydrogen) atoms. The van der Waals surface area contributed by atoms with E-state index in [1.807, 2.05) is 35.8 Å². The number of aromatic nitrogens is 4. The molecular formula is C14H13ClN4O. The lowest BCUT2D eigenvalue weighted by Crippen LogP contribution is -2.11. The van der Waals surface area contributed by atoms with Gasteiger partial charge in [-0.05, 0) is 31.5 Å². The van der Waals surface area contributed by atoms with Gasteiger partial charge >= 0.3 is 0 Å². The second-order valence-electron chi connectivity index (χ2n) is 4.70. The number of hydrogen-bond donors (Lipinski definition) is 1. The van der Waals surface area contributed by atoms with Gasteiger partial charge in [-0.1, -0.05) is 23.7 Å². The van der Waals surface area contributed by atoms with E-state index in [1.165, 1.54) is 0 Å². The van der Waals surface area contributed by atoms with Gasteiger partial charge in [0.2, 0.25) is 0 Å². The van der Waals surface area contributed by atoms with Crippen molar-refractivity contribution in [1.82, 2.24) is 19.5 Å². The maximum absolute atomic E-state index is 11.9. The van der Waals surface area contributed by atoms with E-state index >= 15 is 0 Å². The van der Waals surface area contributed by atoms with Crippen molar-refractivity contribution in [3.8, 4) is 0 Å². The highest BCUT2D eigenvalue weighted by Gasteiger charge is 2.12. The van der Waals surface area contributed by atoms with Crippen molar-refractivity contribution in [2.75, 3.05) is 0 Å². The summed E-state index contributed by atoms with van der Waals surface area (Å²) >= 11 is 6.00. The fourth-order valence-corrected chi connectivity index (χ4v) is 2.45. The summed E-state index contributed by atoms with van der Waals surface area (Å²) in [7, 11) is 0. The van der Waals surface area contributed by atoms with Gasteiger partial charge in [-0.3, -0.25) is 4.79 Å². The summed E-state index contributed by atoms with van der Waals surface area (Å²) in [5.41, 5.74) is 1.80. The predicted octanol–water partition coefficient (Wildman–Crippen LogP) is 2.44. The van der Waals surface area contributed by atoms with E-state index < -0.39 is 0 Å². The molecule has 3 rings (SSSR count). The van der Waals surface area contributed by atoms with Crippen LogP contribution in [0.4, 0.5) is 0 Å². The van der Waals surface area contributed by atoms with E-state index in [-0.39, 0.29) is 5.56 Å². The second kappa shape index (κ2) is 4.76. The van der Waals surface area contributed by atoms with Gasteiger partial charge in [0.05, 0.1) is 6.54 Å². The Morgan fingerprint density at radius 3 is 2.85 bits per heavy atom. The summed E-state index contributed by atoms with van der Waals surface area (Å²) in [6, 6.07) is 7.61. The first-order valence-electron chi connectivity index (χ1n) is 6.23. The van der Waals surface area contributed by atoms with Crippen LogP contribution in [0.3, 0.4) is 0 Å². The summed E-state index contributed by atoms with van der Waals surface area (Å²) in [4.78, 5) is 23.2. The van der Waals surface area contributed by atoms with Crippen LogP contribution >= 0.6 is 11.6 Å². The van der Waals surface area contributed by atoms with Gasteiger partial charge in [-0.15, -0.1) is 0 Å². The van der Waals surface area contributed by atoms with Crippen LogP contribution in [-0.4, -0.2) is 19.5 Å². The molecular weight excluding hydrogens is 276 g/mol. The number of benzene rings is 1. The van der Waals surface area contributed by atoms with Crippen molar-refractivity contribution in [3.05, 3.63) is 56.9 Å². The minimum atomic E-state index is -0.208. The van der Waals surface area contributed by atoms with E-state index in [1.54, 1.807) is 6.92 Å². The van der Waals surface area contributed by atoms with Crippen LogP contribution in [0.5, 0.6) is 0 Å². The van der Waals surface area contributed by atoms with Crippen molar-refractivity contribution in [3.63, 3.8) is 0 Å². The number of halogens is 1. The average molecular weight is 289 g/mol. The number of rotatable bonds is 2. The standard InChI is InChI=1S/C14H13ClN4O/c1-8-16-13-12(14(20)17-8)18-9(2)19(13)7-10-4-3-5-11(15)6-10/h3-6H,7H2,1-2H3,(H,16,17,20). The van der Waals surface area contributed by atoms with E-state index in [4.69, 9.17) is 11.6 Å². The molecule has 6 heteroatoms. The van der Waals surface area contributed by atoms with Crippen molar-refractivity contribution >= 4 is 22.8 Å². The Balaban J connectivity index is 2.16. The van der Waals surface area contributed by atoms with Crippen molar-refractivity contribution in [1.29, 1.82) is 0 Å². The Morgan fingerprint density at radius 1 is 1.30 bits per heavy atom. The number of H-pyrrole nitrogens is 1. The Labute approximate surface area is 120 Å². The van der Waals surface area contributed by atoms with Gasteiger partial charge in [-0.25, -0.2) is 9.97 Å². The van der Waals surface area contributed by atoms with Crippen LogP contribution in [0.2, 0.25) is 5.02 Å². The van der Waals surface area contributed by atoms with Crippen LogP contribution in [-0.2, 0) is 6.54 Å². The van der Waals surface area contributed by atoms with Gasteiger partial charge in [-0.2, -0.15) is 0 Å². The van der Waals surface area contributed by atoms with Crippen LogP contribution in [0.25, 0.3) is 11.2 Å². The Hall–Kier alpha value is -2.14. The molecule has 1 N–H and O–H groups in total. The van der Waals surface area contributed by atoms with Crippen LogP contribution < -0.4 is 5.56 Å². The lowest BCUT2D eigenvalue weighted by atomic mass is 10.2. The second-order valence-corrected chi connectivity index (χ2v) is 5.14. The van der Waals surface area contributed by atoms with Crippen molar-refractivity contribution in [2.45, 2.75) is 20.4 Å². The quantitative estimate of drug-likeness (QED) is 0.788. The molecule has 0 fully saturated rings. The third-order valence-corrected chi connectivity index (χ3v) is 3.38. The van der Waals surface area contributed by atoms with Crippen LogP contribution in [0.15, 0.2) is 29.1 Å². The highest BCUT2D eigenvalue weighted by atomic mass is 35.5. The Kier molecular flexibility index (Phi) is 3.06. The molecule has 0 saturated heterocycles. The third-order valence-electron chi connectivity index (χ3n) is 3.14. The molecule has 0 aliphatic heterocycles. The number of nitrogens with one attached hydrogen (secondary N) is 1. The zero-order valence-corrected chi connectivity index (χ0v) is 11.9. The maximum Gasteiger partial charge on any atom is 0.279 e. The molecule has 0 aliphatic carbocycles. The Morgan fingerprint density at radius 2 is 2.10 bits per heavy atom. The first-order valence-corrected chi connectivity index (χ1v) is 6.60. The number of imidazole rings is 1. The molecule has 0 saturated carbocycles. The molecule has 0 radical (unpaired) electrons. The number of aryl methyl sites for hydroxylation is 2. The molecule has 3 aromatic rings. The molecule has 1 aromatic carbocycles. The topological polar surface area (TPSA) is 63.6 Å². The molecule has 0 unspecified atom stereocenters. The predicted molar refractivity (Wildman–Crippen MR) is 78.2 cm³/mol. The van der Waals surface area contributed by atoms with Crippen LogP contribution in [0, 0.1) is 13.8 Å². The Bertz CT molecular complexity index is 850. The summed E-state index contributed by atoms with van der Waals surface area (Å²) in [5, 5.41) is 0.687. The minimum Gasteiger partial charge on any atom is -0.309 e. The molecule has 0 aliphatic rings. The maximum atomic E-state index is 11.9. The van der Waals surface area contributed by atoms with Crippen LogP contribution in [0.1, 0.15) is 17.2 Å². The van der Waals surface area contributed by atoms with Crippen molar-refractivity contribution < 1.29 is 0 Å². The summed E-state index contributed by atoms with van der Waals surface area (Å²) in [6.45, 7) is 4.20. The minimum absolute atomic E-state index is 0.208. The molecule has 0 spiro atoms. The fraction of sp³-hybridized carbons (Fsp3) is 0.214. The fourth-order valence-electron chi connectivity index (χ4n) is 2.24. The van der Waals surface area contributed by atoms with E-state index in [2.05, 4.69) is 15.0 Å². The monoisotopic (exact) mass is 288 g/mol.